The number of aromatic hydroxyl groups is 1. The summed E-state index contributed by atoms with van der Waals surface area (Å²) in [6.07, 6.45) is 0. The lowest BCUT2D eigenvalue weighted by Crippen LogP contribution is -2.30. The number of rotatable bonds is 3. The first-order valence-electron chi connectivity index (χ1n) is 6.93. The molecule has 2 rings (SSSR count). The van der Waals surface area contributed by atoms with Crippen molar-refractivity contribution in [2.45, 2.75) is 37.8 Å². The van der Waals surface area contributed by atoms with Gasteiger partial charge in [-0.05, 0) is 39.0 Å². The minimum absolute atomic E-state index is 0.260. The van der Waals surface area contributed by atoms with Crippen LogP contribution in [0.15, 0.2) is 29.5 Å². The smallest absolute Gasteiger partial charge is 0.311 e. The maximum atomic E-state index is 10.9. The quantitative estimate of drug-likeness (QED) is 0.521. The van der Waals surface area contributed by atoms with E-state index in [2.05, 4.69) is 6.58 Å². The van der Waals surface area contributed by atoms with Gasteiger partial charge in [0.15, 0.2) is 11.6 Å². The van der Waals surface area contributed by atoms with Gasteiger partial charge in [0.25, 0.3) is 0 Å². The molecule has 0 saturated heterocycles. The number of benzene rings is 1. The summed E-state index contributed by atoms with van der Waals surface area (Å²) >= 11 is 1.54. The Morgan fingerprint density at radius 1 is 1.50 bits per heavy atom. The molecule has 0 aliphatic carbocycles. The number of nitro groups is 1. The topological polar surface area (TPSA) is 75.8 Å². The fourth-order valence-electron chi connectivity index (χ4n) is 2.19. The third kappa shape index (κ3) is 3.85. The van der Waals surface area contributed by atoms with Gasteiger partial charge in [0.05, 0.1) is 4.92 Å². The Labute approximate surface area is 133 Å². The van der Waals surface area contributed by atoms with Gasteiger partial charge in [0, 0.05) is 29.8 Å². The average molecular weight is 324 g/mol. The summed E-state index contributed by atoms with van der Waals surface area (Å²) in [4.78, 5) is 13.1. The van der Waals surface area contributed by atoms with Gasteiger partial charge in [0.1, 0.15) is 5.60 Å². The molecule has 6 nitrogen and oxygen atoms in total. The minimum Gasteiger partial charge on any atom is -0.502 e. The number of thioether (sulfide) groups is 1. The minimum atomic E-state index is -0.569. The van der Waals surface area contributed by atoms with Crippen molar-refractivity contribution in [3.63, 3.8) is 0 Å². The highest BCUT2D eigenvalue weighted by Gasteiger charge is 2.24. The van der Waals surface area contributed by atoms with E-state index in [0.717, 1.165) is 22.8 Å². The lowest BCUT2D eigenvalue weighted by atomic mass is 10.1. The molecule has 120 valence electrons. The summed E-state index contributed by atoms with van der Waals surface area (Å²) in [6.45, 7) is 11.1. The molecule has 0 fully saturated rings. The third-order valence-electron chi connectivity index (χ3n) is 3.11. The molecular weight excluding hydrogens is 304 g/mol. The Morgan fingerprint density at radius 3 is 2.77 bits per heavy atom. The van der Waals surface area contributed by atoms with Gasteiger partial charge in [-0.25, -0.2) is 0 Å². The summed E-state index contributed by atoms with van der Waals surface area (Å²) in [6, 6.07) is 2.90. The average Bonchev–Trinajstić information content (AvgIpc) is 2.57. The fourth-order valence-corrected chi connectivity index (χ4v) is 3.22. The predicted octanol–water partition coefficient (Wildman–Crippen LogP) is 3.49. The standard InChI is InChI=1S/C15H20N2O4S/c1-10(21-15(2,3)4)16-5-6-22-14-8-12(17(19)20)13(18)7-11(14)9-16/h7-8,18H,1,5-6,9H2,2-4H3. The molecule has 0 aromatic heterocycles. The van der Waals surface area contributed by atoms with Crippen LogP contribution >= 0.6 is 11.8 Å². The van der Waals surface area contributed by atoms with Crippen molar-refractivity contribution in [3.05, 3.63) is 40.3 Å². The van der Waals surface area contributed by atoms with Crippen LogP contribution in [0.5, 0.6) is 5.75 Å². The van der Waals surface area contributed by atoms with Crippen molar-refractivity contribution in [2.75, 3.05) is 12.3 Å². The second kappa shape index (κ2) is 6.08. The summed E-state index contributed by atoms with van der Waals surface area (Å²) in [5.74, 6) is 1.02. The highest BCUT2D eigenvalue weighted by molar-refractivity contribution is 7.99. The number of nitrogens with zero attached hydrogens (tertiary/aromatic N) is 2. The van der Waals surface area contributed by atoms with Crippen LogP contribution in [0, 0.1) is 10.1 Å². The number of phenols is 1. The first kappa shape index (κ1) is 16.5. The number of hydrogen-bond acceptors (Lipinski definition) is 6. The second-order valence-electron chi connectivity index (χ2n) is 6.08. The second-order valence-corrected chi connectivity index (χ2v) is 7.22. The molecule has 1 N–H and O–H groups in total. The zero-order valence-corrected chi connectivity index (χ0v) is 13.8. The van der Waals surface area contributed by atoms with Crippen LogP contribution in [0.1, 0.15) is 26.3 Å². The largest absolute Gasteiger partial charge is 0.502 e. The lowest BCUT2D eigenvalue weighted by molar-refractivity contribution is -0.386. The molecule has 0 radical (unpaired) electrons. The van der Waals surface area contributed by atoms with Crippen molar-refractivity contribution in [3.8, 4) is 5.75 Å². The zero-order chi connectivity index (χ0) is 16.5. The maximum Gasteiger partial charge on any atom is 0.311 e. The Bertz CT molecular complexity index is 610. The predicted molar refractivity (Wildman–Crippen MR) is 85.9 cm³/mol. The van der Waals surface area contributed by atoms with Crippen molar-refractivity contribution in [1.29, 1.82) is 0 Å². The third-order valence-corrected chi connectivity index (χ3v) is 4.19. The van der Waals surface area contributed by atoms with Crippen LogP contribution in [-0.4, -0.2) is 32.8 Å². The van der Waals surface area contributed by atoms with Crippen molar-refractivity contribution < 1.29 is 14.8 Å². The first-order chi connectivity index (χ1) is 10.2. The molecule has 1 aliphatic heterocycles. The van der Waals surface area contributed by atoms with Crippen LogP contribution in [0.4, 0.5) is 5.69 Å². The Kier molecular flexibility index (Phi) is 4.55. The van der Waals surface area contributed by atoms with Gasteiger partial charge >= 0.3 is 5.69 Å². The summed E-state index contributed by atoms with van der Waals surface area (Å²) in [7, 11) is 0. The molecular formula is C15H20N2O4S. The molecule has 0 bridgehead atoms. The van der Waals surface area contributed by atoms with E-state index in [1.807, 2.05) is 25.7 Å². The Balaban J connectivity index is 2.25. The summed E-state index contributed by atoms with van der Waals surface area (Å²) in [5.41, 5.74) is 0.241. The molecule has 1 aliphatic rings. The molecule has 0 amide bonds. The van der Waals surface area contributed by atoms with E-state index in [4.69, 9.17) is 4.74 Å². The molecule has 7 heteroatoms. The monoisotopic (exact) mass is 324 g/mol. The Morgan fingerprint density at radius 2 is 2.18 bits per heavy atom. The van der Waals surface area contributed by atoms with E-state index in [-0.39, 0.29) is 17.0 Å². The molecule has 22 heavy (non-hydrogen) atoms. The van der Waals surface area contributed by atoms with Gasteiger partial charge < -0.3 is 14.7 Å². The van der Waals surface area contributed by atoms with E-state index < -0.39 is 4.92 Å². The molecule has 0 spiro atoms. The number of hydrogen-bond donors (Lipinski definition) is 1. The van der Waals surface area contributed by atoms with Crippen molar-refractivity contribution >= 4 is 17.4 Å². The van der Waals surface area contributed by atoms with Crippen LogP contribution in [0.2, 0.25) is 0 Å². The first-order valence-corrected chi connectivity index (χ1v) is 7.92. The van der Waals surface area contributed by atoms with Gasteiger partial charge in [-0.2, -0.15) is 0 Å². The van der Waals surface area contributed by atoms with Crippen LogP contribution in [0.3, 0.4) is 0 Å². The van der Waals surface area contributed by atoms with Crippen molar-refractivity contribution in [2.24, 2.45) is 0 Å². The SMILES string of the molecule is C=C(OC(C)(C)C)N1CCSc2cc([N+](=O)[O-])c(O)cc2C1. The number of nitro benzene ring substituents is 1. The molecule has 1 heterocycles. The zero-order valence-electron chi connectivity index (χ0n) is 13.0. The number of phenolic OH excluding ortho intramolecular Hbond substituents is 1. The van der Waals surface area contributed by atoms with Gasteiger partial charge in [-0.15, -0.1) is 11.8 Å². The van der Waals surface area contributed by atoms with E-state index in [1.165, 1.54) is 23.9 Å². The molecule has 1 aromatic carbocycles. The van der Waals surface area contributed by atoms with Crippen LogP contribution < -0.4 is 0 Å². The molecule has 0 unspecified atom stereocenters. The molecule has 1 aromatic rings. The van der Waals surface area contributed by atoms with E-state index >= 15 is 0 Å². The van der Waals surface area contributed by atoms with E-state index in [1.54, 1.807) is 0 Å². The maximum absolute atomic E-state index is 10.9. The Hall–Kier alpha value is -1.89. The lowest BCUT2D eigenvalue weighted by Gasteiger charge is -2.30. The summed E-state index contributed by atoms with van der Waals surface area (Å²) < 4.78 is 5.79. The summed E-state index contributed by atoms with van der Waals surface area (Å²) in [5, 5.41) is 20.7. The highest BCUT2D eigenvalue weighted by atomic mass is 32.2. The molecule has 0 atom stereocenters. The van der Waals surface area contributed by atoms with Gasteiger partial charge in [-0.3, -0.25) is 10.1 Å². The van der Waals surface area contributed by atoms with Crippen LogP contribution in [0.25, 0.3) is 0 Å². The number of ether oxygens (including phenoxy) is 1. The normalized spacial score (nSPS) is 15.0. The van der Waals surface area contributed by atoms with Crippen molar-refractivity contribution in [1.82, 2.24) is 4.90 Å². The van der Waals surface area contributed by atoms with Gasteiger partial charge in [0.2, 0.25) is 0 Å². The fraction of sp³-hybridized carbons (Fsp3) is 0.467. The van der Waals surface area contributed by atoms with E-state index in [0.29, 0.717) is 12.4 Å². The van der Waals surface area contributed by atoms with E-state index in [9.17, 15) is 15.2 Å². The van der Waals surface area contributed by atoms with Crippen LogP contribution in [-0.2, 0) is 11.3 Å². The molecule has 0 saturated carbocycles. The van der Waals surface area contributed by atoms with Gasteiger partial charge in [-0.1, -0.05) is 0 Å². The highest BCUT2D eigenvalue weighted by Crippen LogP contribution is 2.37. The number of fused-ring (bicyclic) bond motifs is 1.